The van der Waals surface area contributed by atoms with Gasteiger partial charge < -0.3 is 25.4 Å². The highest BCUT2D eigenvalue weighted by atomic mass is 16.5. The fourth-order valence-electron chi connectivity index (χ4n) is 6.17. The number of nitrogens with zero attached hydrogens (tertiary/aromatic N) is 4. The van der Waals surface area contributed by atoms with Crippen LogP contribution in [0.3, 0.4) is 0 Å². The van der Waals surface area contributed by atoms with Gasteiger partial charge in [0.1, 0.15) is 18.0 Å². The summed E-state index contributed by atoms with van der Waals surface area (Å²) in [7, 11) is 0. The van der Waals surface area contributed by atoms with Gasteiger partial charge in [0, 0.05) is 45.0 Å². The predicted octanol–water partition coefficient (Wildman–Crippen LogP) is 11.1. The first-order chi connectivity index (χ1) is 25.7. The summed E-state index contributed by atoms with van der Waals surface area (Å²) in [6.07, 6.45) is 0.00998. The highest BCUT2D eigenvalue weighted by Gasteiger charge is 2.32. The highest BCUT2D eigenvalue weighted by Crippen LogP contribution is 2.43. The maximum absolute atomic E-state index is 12.7. The van der Waals surface area contributed by atoms with Crippen molar-refractivity contribution < 1.29 is 19.1 Å². The van der Waals surface area contributed by atoms with Crippen LogP contribution in [0.15, 0.2) is 142 Å². The molecule has 1 aliphatic rings. The SMILES string of the molecule is CC(C)Oc1ccc(NC(=O)CCC(=O)OCC2(C)Nc3cccc4c(N=Nc5ccc(N=Nc6ccccc6)c6ccccc56)ccc(c34)N2)cc1. The van der Waals surface area contributed by atoms with Crippen LogP contribution in [0.1, 0.15) is 33.6 Å². The van der Waals surface area contributed by atoms with Gasteiger partial charge in [0.25, 0.3) is 0 Å². The molecule has 1 aliphatic heterocycles. The number of benzene rings is 6. The van der Waals surface area contributed by atoms with E-state index in [9.17, 15) is 9.59 Å². The van der Waals surface area contributed by atoms with Crippen LogP contribution in [0.5, 0.6) is 5.75 Å². The standard InChI is InChI=1S/C42H39N7O4/c1-27(2)53-30-18-16-28(17-19-30)43-39(50)24-25-40(51)52-26-42(3)44-37-15-9-14-33-36(22-23-38(45-42)41(33)37)49-48-35-21-20-34(31-12-7-8-13-32(31)35)47-46-29-10-5-4-6-11-29/h4-23,27,44-45H,24-26H2,1-3H3,(H,43,50). The van der Waals surface area contributed by atoms with Gasteiger partial charge in [0.15, 0.2) is 0 Å². The lowest BCUT2D eigenvalue weighted by Crippen LogP contribution is -2.49. The van der Waals surface area contributed by atoms with Crippen molar-refractivity contribution in [1.82, 2.24) is 0 Å². The lowest BCUT2D eigenvalue weighted by atomic mass is 9.99. The Bertz CT molecular complexity index is 2330. The number of amides is 1. The monoisotopic (exact) mass is 705 g/mol. The summed E-state index contributed by atoms with van der Waals surface area (Å²) >= 11 is 0. The number of azo groups is 2. The van der Waals surface area contributed by atoms with Crippen LogP contribution in [-0.2, 0) is 14.3 Å². The van der Waals surface area contributed by atoms with Crippen LogP contribution >= 0.6 is 0 Å². The van der Waals surface area contributed by atoms with E-state index in [1.54, 1.807) is 24.3 Å². The molecule has 0 radical (unpaired) electrons. The molecule has 0 fully saturated rings. The summed E-state index contributed by atoms with van der Waals surface area (Å²) < 4.78 is 11.3. The molecule has 1 heterocycles. The fourth-order valence-corrected chi connectivity index (χ4v) is 6.17. The second-order valence-corrected chi connectivity index (χ2v) is 13.2. The first-order valence-electron chi connectivity index (χ1n) is 17.5. The van der Waals surface area contributed by atoms with Gasteiger partial charge in [-0.3, -0.25) is 9.59 Å². The lowest BCUT2D eigenvalue weighted by Gasteiger charge is -2.38. The van der Waals surface area contributed by atoms with Gasteiger partial charge in [-0.2, -0.15) is 5.11 Å². The van der Waals surface area contributed by atoms with E-state index in [-0.39, 0.29) is 31.5 Å². The molecule has 11 heteroatoms. The number of esters is 1. The predicted molar refractivity (Wildman–Crippen MR) is 209 cm³/mol. The molecule has 0 bridgehead atoms. The van der Waals surface area contributed by atoms with Crippen LogP contribution in [0.25, 0.3) is 21.5 Å². The first kappa shape index (κ1) is 34.8. The molecular weight excluding hydrogens is 667 g/mol. The number of nitrogens with one attached hydrogen (secondary N) is 3. The number of hydrogen-bond donors (Lipinski definition) is 3. The Morgan fingerprint density at radius 3 is 1.92 bits per heavy atom. The lowest BCUT2D eigenvalue weighted by molar-refractivity contribution is -0.145. The van der Waals surface area contributed by atoms with Crippen molar-refractivity contribution >= 4 is 73.2 Å². The Hall–Kier alpha value is -6.62. The summed E-state index contributed by atoms with van der Waals surface area (Å²) in [6, 6.07) is 38.3. The second kappa shape index (κ2) is 15.3. The van der Waals surface area contributed by atoms with Crippen LogP contribution in [0, 0.1) is 0 Å². The zero-order valence-electron chi connectivity index (χ0n) is 29.7. The number of carbonyl (C=O) groups is 2. The van der Waals surface area contributed by atoms with Crippen molar-refractivity contribution in [2.45, 2.75) is 45.4 Å². The van der Waals surface area contributed by atoms with E-state index < -0.39 is 11.6 Å². The molecule has 6 aromatic rings. The molecule has 1 unspecified atom stereocenters. The Balaban J connectivity index is 0.995. The molecule has 3 N–H and O–H groups in total. The van der Waals surface area contributed by atoms with Crippen LogP contribution in [0.2, 0.25) is 0 Å². The van der Waals surface area contributed by atoms with Gasteiger partial charge in [0.2, 0.25) is 5.91 Å². The fraction of sp³-hybridized carbons (Fsp3) is 0.190. The maximum Gasteiger partial charge on any atom is 0.306 e. The Morgan fingerprint density at radius 1 is 0.660 bits per heavy atom. The first-order valence-corrected chi connectivity index (χ1v) is 17.5. The molecule has 0 aliphatic carbocycles. The normalized spacial score (nSPS) is 15.1. The molecule has 0 saturated heterocycles. The summed E-state index contributed by atoms with van der Waals surface area (Å²) in [5.74, 6) is -0.0193. The van der Waals surface area contributed by atoms with Crippen molar-refractivity contribution in [2.24, 2.45) is 20.5 Å². The molecular formula is C42H39N7O4. The van der Waals surface area contributed by atoms with E-state index >= 15 is 0 Å². The molecule has 7 rings (SSSR count). The van der Waals surface area contributed by atoms with E-state index in [1.165, 1.54) is 0 Å². The van der Waals surface area contributed by atoms with E-state index in [4.69, 9.17) is 14.6 Å². The third-order valence-electron chi connectivity index (χ3n) is 8.60. The Morgan fingerprint density at radius 2 is 1.25 bits per heavy atom. The highest BCUT2D eigenvalue weighted by molar-refractivity contribution is 6.10. The van der Waals surface area contributed by atoms with E-state index in [1.807, 2.05) is 118 Å². The zero-order valence-corrected chi connectivity index (χ0v) is 29.7. The minimum Gasteiger partial charge on any atom is -0.491 e. The molecule has 1 amide bonds. The van der Waals surface area contributed by atoms with Crippen LogP contribution < -0.4 is 20.7 Å². The van der Waals surface area contributed by atoms with Crippen LogP contribution in [-0.4, -0.2) is 30.3 Å². The summed E-state index contributed by atoms with van der Waals surface area (Å²) in [4.78, 5) is 25.2. The van der Waals surface area contributed by atoms with E-state index in [2.05, 4.69) is 31.3 Å². The summed E-state index contributed by atoms with van der Waals surface area (Å²) in [5, 5.41) is 31.8. The maximum atomic E-state index is 12.7. The van der Waals surface area contributed by atoms with Gasteiger partial charge in [0.05, 0.1) is 35.3 Å². The van der Waals surface area contributed by atoms with Crippen molar-refractivity contribution in [1.29, 1.82) is 0 Å². The number of rotatable bonds is 12. The molecule has 0 spiro atoms. The smallest absolute Gasteiger partial charge is 0.306 e. The largest absolute Gasteiger partial charge is 0.491 e. The van der Waals surface area contributed by atoms with E-state index in [0.29, 0.717) is 17.1 Å². The van der Waals surface area contributed by atoms with Gasteiger partial charge in [-0.15, -0.1) is 15.3 Å². The molecule has 11 nitrogen and oxygen atoms in total. The molecule has 1 atom stereocenters. The number of hydrogen-bond acceptors (Lipinski definition) is 10. The summed E-state index contributed by atoms with van der Waals surface area (Å²) in [6.45, 7) is 5.86. The van der Waals surface area contributed by atoms with Gasteiger partial charge in [-0.05, 0) is 87.5 Å². The molecule has 0 saturated carbocycles. The van der Waals surface area contributed by atoms with Crippen molar-refractivity contribution in [3.8, 4) is 5.75 Å². The van der Waals surface area contributed by atoms with Crippen molar-refractivity contribution in [3.05, 3.63) is 121 Å². The third-order valence-corrected chi connectivity index (χ3v) is 8.60. The molecule has 266 valence electrons. The molecule has 0 aromatic heterocycles. The Labute approximate surface area is 307 Å². The minimum absolute atomic E-state index is 0.000533. The topological polar surface area (TPSA) is 138 Å². The van der Waals surface area contributed by atoms with E-state index in [0.717, 1.165) is 50.0 Å². The number of carbonyl (C=O) groups excluding carboxylic acids is 2. The Kier molecular flexibility index (Phi) is 10.1. The zero-order chi connectivity index (χ0) is 36.8. The quantitative estimate of drug-likeness (QED) is 0.0855. The van der Waals surface area contributed by atoms with Crippen molar-refractivity contribution in [3.63, 3.8) is 0 Å². The summed E-state index contributed by atoms with van der Waals surface area (Å²) in [5.41, 5.74) is 4.53. The number of ether oxygens (including phenoxy) is 2. The number of fused-ring (bicyclic) bond motifs is 1. The van der Waals surface area contributed by atoms with Gasteiger partial charge in [-0.25, -0.2) is 0 Å². The molecule has 6 aromatic carbocycles. The average Bonchev–Trinajstić information content (AvgIpc) is 3.16. The molecule has 53 heavy (non-hydrogen) atoms. The second-order valence-electron chi connectivity index (χ2n) is 13.2. The van der Waals surface area contributed by atoms with Gasteiger partial charge >= 0.3 is 5.97 Å². The average molecular weight is 706 g/mol. The van der Waals surface area contributed by atoms with Crippen molar-refractivity contribution in [2.75, 3.05) is 22.6 Å². The minimum atomic E-state index is -0.791. The number of anilines is 3. The third kappa shape index (κ3) is 8.31. The van der Waals surface area contributed by atoms with Gasteiger partial charge in [-0.1, -0.05) is 54.6 Å². The van der Waals surface area contributed by atoms with Crippen LogP contribution in [0.4, 0.5) is 39.8 Å².